The summed E-state index contributed by atoms with van der Waals surface area (Å²) in [6.07, 6.45) is 0. The first kappa shape index (κ1) is 14.6. The number of rotatable bonds is 5. The Balaban J connectivity index is 2.64. The maximum Gasteiger partial charge on any atom is 0.236 e. The number of nitrogens with one attached hydrogen (secondary N) is 1. The van der Waals surface area contributed by atoms with Gasteiger partial charge in [0.25, 0.3) is 0 Å². The van der Waals surface area contributed by atoms with Gasteiger partial charge in [-0.25, -0.2) is 4.39 Å². The Morgan fingerprint density at radius 1 is 1.50 bits per heavy atom. The van der Waals surface area contributed by atoms with Crippen LogP contribution in [0.5, 0.6) is 0 Å². The molecule has 1 aromatic rings. The van der Waals surface area contributed by atoms with Crippen molar-refractivity contribution in [3.63, 3.8) is 0 Å². The van der Waals surface area contributed by atoms with Gasteiger partial charge in [0.15, 0.2) is 0 Å². The molecule has 5 heteroatoms. The van der Waals surface area contributed by atoms with Gasteiger partial charge in [-0.3, -0.25) is 4.79 Å². The standard InChI is InChI=1S/C13H20FN3O/c1-9(15)13(18)16-7-10-4-5-11(8-17(2)3)12(14)6-10/h4-6,9H,7-8,15H2,1-3H3,(H,16,18)/t9-/m1/s1. The first-order valence-electron chi connectivity index (χ1n) is 5.85. The number of halogens is 1. The van der Waals surface area contributed by atoms with Crippen molar-refractivity contribution in [2.45, 2.75) is 26.1 Å². The van der Waals surface area contributed by atoms with E-state index in [0.717, 1.165) is 5.56 Å². The number of nitrogens with two attached hydrogens (primary N) is 1. The molecule has 0 bridgehead atoms. The molecule has 0 saturated heterocycles. The van der Waals surface area contributed by atoms with E-state index in [1.165, 1.54) is 6.07 Å². The summed E-state index contributed by atoms with van der Waals surface area (Å²) in [6, 6.07) is 4.44. The molecule has 0 aliphatic rings. The van der Waals surface area contributed by atoms with Crippen LogP contribution in [0, 0.1) is 5.82 Å². The molecule has 0 aromatic heterocycles. The van der Waals surface area contributed by atoms with Gasteiger partial charge >= 0.3 is 0 Å². The molecule has 0 spiro atoms. The highest BCUT2D eigenvalue weighted by Gasteiger charge is 2.08. The van der Waals surface area contributed by atoms with Crippen LogP contribution in [0.25, 0.3) is 0 Å². The van der Waals surface area contributed by atoms with E-state index in [4.69, 9.17) is 5.73 Å². The van der Waals surface area contributed by atoms with E-state index in [0.29, 0.717) is 18.7 Å². The third-order valence-corrected chi connectivity index (χ3v) is 2.48. The Kier molecular flexibility index (Phi) is 5.25. The number of hydrogen-bond donors (Lipinski definition) is 2. The predicted octanol–water partition coefficient (Wildman–Crippen LogP) is 0.851. The van der Waals surface area contributed by atoms with Crippen LogP contribution in [0.2, 0.25) is 0 Å². The molecule has 0 fully saturated rings. The fraction of sp³-hybridized carbons (Fsp3) is 0.462. The Morgan fingerprint density at radius 3 is 2.67 bits per heavy atom. The molecule has 3 N–H and O–H groups in total. The molecule has 4 nitrogen and oxygen atoms in total. The van der Waals surface area contributed by atoms with E-state index in [1.807, 2.05) is 25.1 Å². The van der Waals surface area contributed by atoms with E-state index in [-0.39, 0.29) is 11.7 Å². The number of hydrogen-bond acceptors (Lipinski definition) is 3. The number of amides is 1. The summed E-state index contributed by atoms with van der Waals surface area (Å²) in [5, 5.41) is 2.64. The summed E-state index contributed by atoms with van der Waals surface area (Å²) >= 11 is 0. The van der Waals surface area contributed by atoms with Gasteiger partial charge in [0.05, 0.1) is 6.04 Å². The molecule has 0 aliphatic carbocycles. The van der Waals surface area contributed by atoms with Crippen molar-refractivity contribution >= 4 is 5.91 Å². The molecule has 0 radical (unpaired) electrons. The van der Waals surface area contributed by atoms with Gasteiger partial charge in [-0.15, -0.1) is 0 Å². The van der Waals surface area contributed by atoms with Crippen molar-refractivity contribution in [1.29, 1.82) is 0 Å². The van der Waals surface area contributed by atoms with Crippen molar-refractivity contribution in [3.05, 3.63) is 35.1 Å². The maximum atomic E-state index is 13.7. The zero-order valence-electron chi connectivity index (χ0n) is 11.0. The lowest BCUT2D eigenvalue weighted by atomic mass is 10.1. The Hall–Kier alpha value is -1.46. The monoisotopic (exact) mass is 253 g/mol. The minimum Gasteiger partial charge on any atom is -0.351 e. The van der Waals surface area contributed by atoms with Gasteiger partial charge in [0.2, 0.25) is 5.91 Å². The normalized spacial score (nSPS) is 12.6. The summed E-state index contributed by atoms with van der Waals surface area (Å²) in [7, 11) is 3.77. The van der Waals surface area contributed by atoms with Gasteiger partial charge in [-0.2, -0.15) is 0 Å². The number of carbonyl (C=O) groups excluding carboxylic acids is 1. The third-order valence-electron chi connectivity index (χ3n) is 2.48. The van der Waals surface area contributed by atoms with Crippen LogP contribution in [0.1, 0.15) is 18.1 Å². The molecule has 1 aromatic carbocycles. The second-order valence-electron chi connectivity index (χ2n) is 4.67. The molecule has 100 valence electrons. The summed E-state index contributed by atoms with van der Waals surface area (Å²) in [5.41, 5.74) is 6.78. The van der Waals surface area contributed by atoms with Crippen LogP contribution >= 0.6 is 0 Å². The van der Waals surface area contributed by atoms with E-state index < -0.39 is 6.04 Å². The summed E-state index contributed by atoms with van der Waals surface area (Å²) in [5.74, 6) is -0.496. The van der Waals surface area contributed by atoms with Crippen LogP contribution < -0.4 is 11.1 Å². The summed E-state index contributed by atoms with van der Waals surface area (Å²) in [4.78, 5) is 13.2. The average molecular weight is 253 g/mol. The highest BCUT2D eigenvalue weighted by molar-refractivity contribution is 5.80. The van der Waals surface area contributed by atoms with Crippen LogP contribution in [-0.4, -0.2) is 30.9 Å². The van der Waals surface area contributed by atoms with Gasteiger partial charge in [0, 0.05) is 18.7 Å². The highest BCUT2D eigenvalue weighted by Crippen LogP contribution is 2.11. The molecule has 0 unspecified atom stereocenters. The highest BCUT2D eigenvalue weighted by atomic mass is 19.1. The number of benzene rings is 1. The van der Waals surface area contributed by atoms with Crippen LogP contribution in [0.4, 0.5) is 4.39 Å². The first-order chi connectivity index (χ1) is 8.40. The quantitative estimate of drug-likeness (QED) is 0.818. The minimum atomic E-state index is -0.553. The molecule has 0 heterocycles. The predicted molar refractivity (Wildman–Crippen MR) is 69.3 cm³/mol. The van der Waals surface area contributed by atoms with E-state index in [9.17, 15) is 9.18 Å². The second kappa shape index (κ2) is 6.47. The number of nitrogens with zero attached hydrogens (tertiary/aromatic N) is 1. The van der Waals surface area contributed by atoms with Crippen molar-refractivity contribution in [2.75, 3.05) is 14.1 Å². The first-order valence-corrected chi connectivity index (χ1v) is 5.85. The SMILES string of the molecule is C[C@@H](N)C(=O)NCc1ccc(CN(C)C)c(F)c1. The summed E-state index contributed by atoms with van der Waals surface area (Å²) < 4.78 is 13.7. The molecule has 0 saturated carbocycles. The van der Waals surface area contributed by atoms with E-state index in [1.54, 1.807) is 13.0 Å². The van der Waals surface area contributed by atoms with Crippen LogP contribution in [0.3, 0.4) is 0 Å². The zero-order valence-corrected chi connectivity index (χ0v) is 11.0. The molecular formula is C13H20FN3O. The fourth-order valence-electron chi connectivity index (χ4n) is 1.52. The van der Waals surface area contributed by atoms with E-state index >= 15 is 0 Å². The molecular weight excluding hydrogens is 233 g/mol. The lowest BCUT2D eigenvalue weighted by Crippen LogP contribution is -2.37. The fourth-order valence-corrected chi connectivity index (χ4v) is 1.52. The molecule has 18 heavy (non-hydrogen) atoms. The van der Waals surface area contributed by atoms with Crippen LogP contribution in [-0.2, 0) is 17.9 Å². The Morgan fingerprint density at radius 2 is 2.17 bits per heavy atom. The Labute approximate surface area is 107 Å². The van der Waals surface area contributed by atoms with Gasteiger partial charge in [-0.1, -0.05) is 12.1 Å². The topological polar surface area (TPSA) is 58.4 Å². The lowest BCUT2D eigenvalue weighted by Gasteiger charge is -2.12. The second-order valence-corrected chi connectivity index (χ2v) is 4.67. The van der Waals surface area contributed by atoms with Crippen molar-refractivity contribution in [1.82, 2.24) is 10.2 Å². The zero-order chi connectivity index (χ0) is 13.7. The molecule has 1 amide bonds. The molecule has 0 aliphatic heterocycles. The smallest absolute Gasteiger partial charge is 0.236 e. The lowest BCUT2D eigenvalue weighted by molar-refractivity contribution is -0.122. The van der Waals surface area contributed by atoms with Crippen LogP contribution in [0.15, 0.2) is 18.2 Å². The van der Waals surface area contributed by atoms with Gasteiger partial charge < -0.3 is 16.0 Å². The minimum absolute atomic E-state index is 0.243. The Bertz CT molecular complexity index is 419. The van der Waals surface area contributed by atoms with Crippen molar-refractivity contribution < 1.29 is 9.18 Å². The molecule has 1 rings (SSSR count). The number of carbonyl (C=O) groups is 1. The van der Waals surface area contributed by atoms with Crippen molar-refractivity contribution in [3.8, 4) is 0 Å². The third kappa shape index (κ3) is 4.43. The van der Waals surface area contributed by atoms with Crippen molar-refractivity contribution in [2.24, 2.45) is 5.73 Å². The average Bonchev–Trinajstić information content (AvgIpc) is 2.28. The summed E-state index contributed by atoms with van der Waals surface area (Å²) in [6.45, 7) is 2.45. The van der Waals surface area contributed by atoms with Gasteiger partial charge in [-0.05, 0) is 32.6 Å². The largest absolute Gasteiger partial charge is 0.351 e. The molecule has 1 atom stereocenters. The maximum absolute atomic E-state index is 13.7. The van der Waals surface area contributed by atoms with E-state index in [2.05, 4.69) is 5.32 Å². The van der Waals surface area contributed by atoms with Gasteiger partial charge in [0.1, 0.15) is 5.82 Å².